The van der Waals surface area contributed by atoms with Crippen molar-refractivity contribution in [2.24, 2.45) is 0 Å². The fraction of sp³-hybridized carbons (Fsp3) is 0.467. The second-order valence-electron chi connectivity index (χ2n) is 23.9. The Morgan fingerprint density at radius 2 is 0.759 bits per heavy atom. The van der Waals surface area contributed by atoms with E-state index in [1.54, 1.807) is 125 Å². The molecule has 0 bridgehead atoms. The van der Waals surface area contributed by atoms with E-state index in [-0.39, 0.29) is 94.6 Å². The van der Waals surface area contributed by atoms with Crippen LogP contribution in [0.2, 0.25) is 0 Å². The Labute approximate surface area is 658 Å². The van der Waals surface area contributed by atoms with Crippen molar-refractivity contribution >= 4 is 43.5 Å². The summed E-state index contributed by atoms with van der Waals surface area (Å²) in [5.41, 5.74) is 1.11. The summed E-state index contributed by atoms with van der Waals surface area (Å²) < 4.78 is 15.1. The van der Waals surface area contributed by atoms with Gasteiger partial charge in [-0.25, -0.2) is 0 Å². The van der Waals surface area contributed by atoms with Crippen LogP contribution in [-0.2, 0) is 33.4 Å². The van der Waals surface area contributed by atoms with Crippen molar-refractivity contribution in [3.63, 3.8) is 0 Å². The third-order valence-electron chi connectivity index (χ3n) is 13.0. The minimum atomic E-state index is -0.849. The lowest BCUT2D eigenvalue weighted by molar-refractivity contribution is -0.148. The number of aldehydes is 1. The van der Waals surface area contributed by atoms with E-state index in [0.717, 1.165) is 19.9 Å². The summed E-state index contributed by atoms with van der Waals surface area (Å²) >= 11 is 0. The molecular weight excluding hydrogens is 1380 g/mol. The Hall–Kier alpha value is -8.33. The normalized spacial score (nSPS) is 13.5. The molecule has 0 spiro atoms. The maximum Gasteiger partial charge on any atom is 0.306 e. The number of carbonyl (C=O) groups is 4. The molecule has 3 rings (SSSR count). The van der Waals surface area contributed by atoms with Gasteiger partial charge in [-0.2, -0.15) is 0 Å². The number of hydrogen-bond acceptors (Lipinski definition) is 15. The van der Waals surface area contributed by atoms with Crippen molar-refractivity contribution < 1.29 is 74.2 Å². The number of carbonyl (C=O) groups excluding carboxylic acids is 4. The Morgan fingerprint density at radius 3 is 1.06 bits per heavy atom. The highest BCUT2D eigenvalue weighted by molar-refractivity contribution is 7.47. The number of ether oxygens (including phenoxy) is 3. The van der Waals surface area contributed by atoms with E-state index in [9.17, 15) is 54.9 Å². The summed E-state index contributed by atoms with van der Waals surface area (Å²) in [6.45, 7) is 20.2. The van der Waals surface area contributed by atoms with Crippen LogP contribution in [0.4, 0.5) is 0 Å². The Morgan fingerprint density at radius 1 is 0.454 bits per heavy atom. The van der Waals surface area contributed by atoms with Gasteiger partial charge in [0.2, 0.25) is 0 Å². The maximum absolute atomic E-state index is 11.4. The first-order chi connectivity index (χ1) is 48.1. The molecule has 8 N–H and O–H groups in total. The topological polar surface area (TPSA) is 258 Å². The summed E-state index contributed by atoms with van der Waals surface area (Å²) in [5.74, 6) is 11.5. The van der Waals surface area contributed by atoms with Crippen LogP contribution in [0.25, 0.3) is 11.1 Å². The molecular formula is C92H145O15P. The van der Waals surface area contributed by atoms with Crippen LogP contribution in [0, 0.1) is 36.5 Å². The molecule has 16 heteroatoms. The summed E-state index contributed by atoms with van der Waals surface area (Å²) in [4.78, 5) is 43.7. The Bertz CT molecular complexity index is 3070. The van der Waals surface area contributed by atoms with Crippen molar-refractivity contribution in [2.75, 3.05) is 0 Å². The highest BCUT2D eigenvalue weighted by Crippen LogP contribution is 2.18. The highest BCUT2D eigenvalue weighted by Gasteiger charge is 2.13. The molecule has 0 aliphatic carbocycles. The van der Waals surface area contributed by atoms with Crippen LogP contribution in [-0.4, -0.2) is 137 Å². The van der Waals surface area contributed by atoms with Gasteiger partial charge in [-0.1, -0.05) is 280 Å². The number of allylic oxidation sites excluding steroid dienone is 13. The zero-order chi connectivity index (χ0) is 76.4. The van der Waals surface area contributed by atoms with Gasteiger partial charge in [-0.05, 0) is 149 Å². The Kier molecular flexibility index (Phi) is 90.7. The summed E-state index contributed by atoms with van der Waals surface area (Å²) in [7, 11) is 1.00. The predicted molar refractivity (Wildman–Crippen MR) is 464 cm³/mol. The summed E-state index contributed by atoms with van der Waals surface area (Å²) in [6.07, 6.45) is 46.7. The first kappa shape index (κ1) is 121. The van der Waals surface area contributed by atoms with Crippen LogP contribution in [0.1, 0.15) is 218 Å². The van der Waals surface area contributed by atoms with Crippen LogP contribution >= 0.6 is 8.20 Å². The lowest BCUT2D eigenvalue weighted by Gasteiger charge is -2.14. The smallest absolute Gasteiger partial charge is 0.306 e. The van der Waals surface area contributed by atoms with Crippen molar-refractivity contribution in [2.45, 2.75) is 284 Å². The van der Waals surface area contributed by atoms with Gasteiger partial charge >= 0.3 is 17.9 Å². The maximum atomic E-state index is 11.4. The SMILES string of the molecule is C.C.C.C.C.C.C.C#CC[C@@H](O)/C=C/C=C/C=C\[C@@H](O)CCCC(=O)OC(C)C.C#CC[C@@H](O)/C=C/C=C/C=O.C/C=C/[C@](C)(O)CC.CC(C)OC(=O)CCC[C@H](O)C=Pc1ccccc1.CC[C@@](C)(O)/C=C/C#CC[C@@H](O)/C=C/C=C/C=C\[C@@H](O)CCCC(=O)OC(C)C.c1ccc(-c2ccccc2)cc1. The van der Waals surface area contributed by atoms with Crippen LogP contribution < -0.4 is 5.30 Å². The van der Waals surface area contributed by atoms with Crippen molar-refractivity contribution in [3.05, 3.63) is 213 Å². The number of esters is 3. The third-order valence-corrected chi connectivity index (χ3v) is 14.1. The van der Waals surface area contributed by atoms with Crippen molar-refractivity contribution in [1.29, 1.82) is 0 Å². The van der Waals surface area contributed by atoms with E-state index in [0.29, 0.717) is 83.3 Å². The third kappa shape index (κ3) is 84.9. The molecule has 3 aromatic carbocycles. The predicted octanol–water partition coefficient (Wildman–Crippen LogP) is 18.9. The van der Waals surface area contributed by atoms with Gasteiger partial charge in [0.25, 0.3) is 0 Å². The molecule has 0 aromatic heterocycles. The molecule has 0 saturated carbocycles. The quantitative estimate of drug-likeness (QED) is 0.00394. The van der Waals surface area contributed by atoms with Crippen LogP contribution in [0.5, 0.6) is 0 Å². The van der Waals surface area contributed by atoms with Gasteiger partial charge in [-0.3, -0.25) is 19.2 Å². The lowest BCUT2D eigenvalue weighted by Crippen LogP contribution is -2.18. The van der Waals surface area contributed by atoms with Crippen LogP contribution in [0.15, 0.2) is 213 Å². The number of benzene rings is 3. The minimum Gasteiger partial charge on any atom is -0.463 e. The molecule has 0 saturated heterocycles. The van der Waals surface area contributed by atoms with Gasteiger partial charge in [0.05, 0.1) is 66.1 Å². The molecule has 0 aliphatic rings. The molecule has 15 nitrogen and oxygen atoms in total. The zero-order valence-corrected chi connectivity index (χ0v) is 62.4. The summed E-state index contributed by atoms with van der Waals surface area (Å²) in [6, 6.07) is 30.7. The zero-order valence-electron chi connectivity index (χ0n) is 61.5. The standard InChI is InChI=1S/C24H36O5.C18H26O4.C15H21O3P.C12H10.C9H10O2.C7H14O.7CH4/c1-5-24(4,28)19-12-8-11-16-21(25)14-9-6-7-10-15-22(26)17-13-18-23(27)29-20(2)3;1-4-10-16(19)11-7-5-6-8-12-17(20)13-9-14-18(21)22-15(2)3;1-12(2)18-15(17)10-6-7-13(16)11-19-14-8-4-3-5-9-14;1-3-7-11(8-4-1)12-9-5-2-6-10-12;1-2-6-9(11)7-4-3-5-8-10;1-4-6-7(3,8)5-2;;;;;;;/h6-7,9-10,12,14-15,19-22,25-26,28H,5,13,16-18H2,1-4H3;1,5-8,11-12,15-17,19-20H,9-10,13-14H2,2-3H3;3-5,8-9,11-13,16H,6-7,10H2,1-2H3;1-10H;1,3-5,7-9,11H,6H2;4,6,8H,5H2,1-3H3;7*1H4/b7-6+,14-9+,15-10-,19-12+;6-5+,11-7+,12-8-;;;5-3+,7-4+;6-4+;;;;;;;/t21-,22+,24+;16-,17-;13-;;9-;7-;;;;;;;/m010.11......./s1. The molecule has 0 unspecified atom stereocenters. The van der Waals surface area contributed by atoms with E-state index in [2.05, 4.69) is 72.2 Å². The fourth-order valence-electron chi connectivity index (χ4n) is 7.36. The second-order valence-corrected chi connectivity index (χ2v) is 24.9. The molecule has 0 fully saturated rings. The second kappa shape index (κ2) is 81.2. The van der Waals surface area contributed by atoms with Gasteiger partial charge in [0, 0.05) is 43.8 Å². The van der Waals surface area contributed by atoms with Gasteiger partial charge < -0.3 is 55.1 Å². The largest absolute Gasteiger partial charge is 0.463 e. The first-order valence-electron chi connectivity index (χ1n) is 34.4. The number of terminal acetylenes is 2. The molecule has 3 aromatic rings. The number of aliphatic hydroxyl groups excluding tert-OH is 6. The number of aliphatic hydroxyl groups is 8. The van der Waals surface area contributed by atoms with Gasteiger partial charge in [0.15, 0.2) is 0 Å². The summed E-state index contributed by atoms with van der Waals surface area (Å²) in [5, 5.41) is 77.6. The number of hydrogen-bond donors (Lipinski definition) is 8. The monoisotopic (exact) mass is 1520 g/mol. The lowest BCUT2D eigenvalue weighted by atomic mass is 10.0. The molecule has 0 radical (unpaired) electrons. The average molecular weight is 1520 g/mol. The molecule has 0 amide bonds. The molecule has 0 heterocycles. The van der Waals surface area contributed by atoms with Gasteiger partial charge in [-0.15, -0.1) is 24.7 Å². The average Bonchev–Trinajstić information content (AvgIpc) is 0.887. The first-order valence-corrected chi connectivity index (χ1v) is 35.4. The van der Waals surface area contributed by atoms with Crippen molar-refractivity contribution in [3.8, 4) is 47.7 Å². The van der Waals surface area contributed by atoms with Crippen molar-refractivity contribution in [1.82, 2.24) is 0 Å². The van der Waals surface area contributed by atoms with E-state index in [1.807, 2.05) is 103 Å². The minimum absolute atomic E-state index is 0. The van der Waals surface area contributed by atoms with E-state index in [1.165, 1.54) is 29.4 Å². The fourth-order valence-corrected chi connectivity index (χ4v) is 8.20. The molecule has 108 heavy (non-hydrogen) atoms. The molecule has 8 atom stereocenters. The van der Waals surface area contributed by atoms with Gasteiger partial charge in [0.1, 0.15) is 6.29 Å². The van der Waals surface area contributed by atoms with E-state index >= 15 is 0 Å². The molecule has 0 aliphatic heterocycles. The highest BCUT2D eigenvalue weighted by atomic mass is 31.1. The van der Waals surface area contributed by atoms with Crippen LogP contribution in [0.3, 0.4) is 0 Å². The van der Waals surface area contributed by atoms with E-state index < -0.39 is 47.8 Å². The molecule has 608 valence electrons. The Balaban J connectivity index is -0.000000137. The number of rotatable bonds is 36. The van der Waals surface area contributed by atoms with E-state index in [4.69, 9.17) is 32.2 Å².